The van der Waals surface area contributed by atoms with E-state index in [4.69, 9.17) is 5.84 Å². The Labute approximate surface area is 102 Å². The number of hydrogen-bond donors (Lipinski definition) is 2. The number of hydrogen-bond acceptors (Lipinski definition) is 5. The Morgan fingerprint density at radius 3 is 2.59 bits per heavy atom. The molecular formula is C12H21N5. The Morgan fingerprint density at radius 1 is 1.24 bits per heavy atom. The standard InChI is InChI=1S/C12H21N5/c1-10-8-11(16-13)15-12(14-10)9-17-6-4-2-3-5-7-17/h8H,2-7,9,13H2,1H3,(H,14,15,16). The van der Waals surface area contributed by atoms with Crippen LogP contribution in [0.5, 0.6) is 0 Å². The van der Waals surface area contributed by atoms with E-state index in [-0.39, 0.29) is 0 Å². The number of nitrogens with two attached hydrogens (primary N) is 1. The molecule has 1 aliphatic heterocycles. The number of rotatable bonds is 3. The third kappa shape index (κ3) is 3.64. The maximum absolute atomic E-state index is 5.39. The Hall–Kier alpha value is -1.20. The molecule has 0 saturated carbocycles. The van der Waals surface area contributed by atoms with Crippen molar-refractivity contribution in [3.63, 3.8) is 0 Å². The van der Waals surface area contributed by atoms with Gasteiger partial charge >= 0.3 is 0 Å². The lowest BCUT2D eigenvalue weighted by Crippen LogP contribution is -2.25. The molecule has 1 saturated heterocycles. The van der Waals surface area contributed by atoms with Crippen molar-refractivity contribution in [2.45, 2.75) is 39.2 Å². The molecule has 1 aromatic rings. The summed E-state index contributed by atoms with van der Waals surface area (Å²) >= 11 is 0. The van der Waals surface area contributed by atoms with E-state index >= 15 is 0 Å². The van der Waals surface area contributed by atoms with Crippen LogP contribution in [0.3, 0.4) is 0 Å². The van der Waals surface area contributed by atoms with Crippen LogP contribution in [0.25, 0.3) is 0 Å². The summed E-state index contributed by atoms with van der Waals surface area (Å²) < 4.78 is 0. The van der Waals surface area contributed by atoms with Crippen molar-refractivity contribution in [2.24, 2.45) is 5.84 Å². The van der Waals surface area contributed by atoms with Crippen LogP contribution < -0.4 is 11.3 Å². The minimum Gasteiger partial charge on any atom is -0.308 e. The van der Waals surface area contributed by atoms with Gasteiger partial charge < -0.3 is 5.43 Å². The molecular weight excluding hydrogens is 214 g/mol. The molecule has 1 aromatic heterocycles. The highest BCUT2D eigenvalue weighted by molar-refractivity contribution is 5.33. The fourth-order valence-corrected chi connectivity index (χ4v) is 2.27. The number of anilines is 1. The van der Waals surface area contributed by atoms with E-state index in [1.807, 2.05) is 13.0 Å². The maximum atomic E-state index is 5.39. The quantitative estimate of drug-likeness (QED) is 0.613. The molecule has 5 heteroatoms. The third-order valence-corrected chi connectivity index (χ3v) is 3.11. The molecule has 0 bridgehead atoms. The molecule has 0 unspecified atom stereocenters. The molecule has 1 fully saturated rings. The molecule has 2 heterocycles. The number of nitrogens with one attached hydrogen (secondary N) is 1. The SMILES string of the molecule is Cc1cc(NN)nc(CN2CCCCCC2)n1. The predicted octanol–water partition coefficient (Wildman–Crippen LogP) is 1.45. The fourth-order valence-electron chi connectivity index (χ4n) is 2.27. The van der Waals surface area contributed by atoms with E-state index in [1.54, 1.807) is 0 Å². The van der Waals surface area contributed by atoms with Crippen LogP contribution in [0.15, 0.2) is 6.07 Å². The topological polar surface area (TPSA) is 67.1 Å². The first-order valence-electron chi connectivity index (χ1n) is 6.31. The number of likely N-dealkylation sites (tertiary alicyclic amines) is 1. The molecule has 17 heavy (non-hydrogen) atoms. The van der Waals surface area contributed by atoms with Gasteiger partial charge in [-0.1, -0.05) is 12.8 Å². The normalized spacial score (nSPS) is 17.8. The summed E-state index contributed by atoms with van der Waals surface area (Å²) in [6.07, 6.45) is 5.27. The Morgan fingerprint density at radius 2 is 1.94 bits per heavy atom. The molecule has 2 rings (SSSR count). The predicted molar refractivity (Wildman–Crippen MR) is 68.3 cm³/mol. The second kappa shape index (κ2) is 5.93. The number of aryl methyl sites for hydroxylation is 1. The second-order valence-corrected chi connectivity index (χ2v) is 4.65. The van der Waals surface area contributed by atoms with Crippen molar-refractivity contribution in [3.05, 3.63) is 17.6 Å². The summed E-state index contributed by atoms with van der Waals surface area (Å²) in [4.78, 5) is 11.3. The van der Waals surface area contributed by atoms with E-state index in [0.717, 1.165) is 31.2 Å². The molecule has 0 aromatic carbocycles. The zero-order valence-corrected chi connectivity index (χ0v) is 10.4. The summed E-state index contributed by atoms with van der Waals surface area (Å²) in [6.45, 7) is 5.11. The first-order chi connectivity index (χ1) is 8.28. The fraction of sp³-hybridized carbons (Fsp3) is 0.667. The first kappa shape index (κ1) is 12.3. The minimum absolute atomic E-state index is 0.697. The third-order valence-electron chi connectivity index (χ3n) is 3.11. The van der Waals surface area contributed by atoms with Crippen molar-refractivity contribution in [1.82, 2.24) is 14.9 Å². The number of nitrogens with zero attached hydrogens (tertiary/aromatic N) is 3. The van der Waals surface area contributed by atoms with Gasteiger partial charge in [-0.05, 0) is 32.9 Å². The summed E-state index contributed by atoms with van der Waals surface area (Å²) in [5.74, 6) is 6.95. The van der Waals surface area contributed by atoms with Crippen LogP contribution in [-0.4, -0.2) is 28.0 Å². The Kier molecular flexibility index (Phi) is 4.28. The average Bonchev–Trinajstić information content (AvgIpc) is 2.57. The first-order valence-corrected chi connectivity index (χ1v) is 6.31. The molecule has 0 aliphatic carbocycles. The lowest BCUT2D eigenvalue weighted by molar-refractivity contribution is 0.270. The van der Waals surface area contributed by atoms with E-state index < -0.39 is 0 Å². The van der Waals surface area contributed by atoms with Crippen LogP contribution >= 0.6 is 0 Å². The van der Waals surface area contributed by atoms with Gasteiger partial charge in [-0.2, -0.15) is 0 Å². The number of hydrazine groups is 1. The molecule has 0 spiro atoms. The average molecular weight is 235 g/mol. The summed E-state index contributed by atoms with van der Waals surface area (Å²) in [7, 11) is 0. The highest BCUT2D eigenvalue weighted by Crippen LogP contribution is 2.12. The van der Waals surface area contributed by atoms with Crippen LogP contribution in [0.4, 0.5) is 5.82 Å². The van der Waals surface area contributed by atoms with E-state index in [2.05, 4.69) is 20.3 Å². The summed E-state index contributed by atoms with van der Waals surface area (Å²) in [5.41, 5.74) is 3.54. The largest absolute Gasteiger partial charge is 0.308 e. The lowest BCUT2D eigenvalue weighted by atomic mass is 10.2. The van der Waals surface area contributed by atoms with Gasteiger partial charge in [-0.25, -0.2) is 15.8 Å². The van der Waals surface area contributed by atoms with Crippen molar-refractivity contribution in [3.8, 4) is 0 Å². The molecule has 0 amide bonds. The van der Waals surface area contributed by atoms with Gasteiger partial charge in [0.15, 0.2) is 0 Å². The highest BCUT2D eigenvalue weighted by atomic mass is 15.3. The monoisotopic (exact) mass is 235 g/mol. The van der Waals surface area contributed by atoms with Crippen LogP contribution in [-0.2, 0) is 6.54 Å². The molecule has 5 nitrogen and oxygen atoms in total. The second-order valence-electron chi connectivity index (χ2n) is 4.65. The van der Waals surface area contributed by atoms with Crippen LogP contribution in [0, 0.1) is 6.92 Å². The van der Waals surface area contributed by atoms with Gasteiger partial charge in [0.25, 0.3) is 0 Å². The summed E-state index contributed by atoms with van der Waals surface area (Å²) in [5, 5.41) is 0. The molecule has 94 valence electrons. The van der Waals surface area contributed by atoms with Gasteiger partial charge in [0.05, 0.1) is 6.54 Å². The van der Waals surface area contributed by atoms with Gasteiger partial charge in [-0.3, -0.25) is 4.90 Å². The molecule has 0 radical (unpaired) electrons. The number of aromatic nitrogens is 2. The Balaban J connectivity index is 2.03. The van der Waals surface area contributed by atoms with Gasteiger partial charge in [0.1, 0.15) is 11.6 Å². The Bertz CT molecular complexity index is 358. The van der Waals surface area contributed by atoms with Crippen molar-refractivity contribution < 1.29 is 0 Å². The smallest absolute Gasteiger partial charge is 0.145 e. The van der Waals surface area contributed by atoms with E-state index in [9.17, 15) is 0 Å². The van der Waals surface area contributed by atoms with Gasteiger partial charge in [0.2, 0.25) is 0 Å². The highest BCUT2D eigenvalue weighted by Gasteiger charge is 2.11. The van der Waals surface area contributed by atoms with Crippen molar-refractivity contribution in [1.29, 1.82) is 0 Å². The van der Waals surface area contributed by atoms with Crippen LogP contribution in [0.2, 0.25) is 0 Å². The molecule has 1 aliphatic rings. The lowest BCUT2D eigenvalue weighted by Gasteiger charge is -2.19. The zero-order chi connectivity index (χ0) is 12.1. The zero-order valence-electron chi connectivity index (χ0n) is 10.4. The minimum atomic E-state index is 0.697. The van der Waals surface area contributed by atoms with Crippen LogP contribution in [0.1, 0.15) is 37.2 Å². The van der Waals surface area contributed by atoms with Gasteiger partial charge in [-0.15, -0.1) is 0 Å². The maximum Gasteiger partial charge on any atom is 0.145 e. The summed E-state index contributed by atoms with van der Waals surface area (Å²) in [6, 6.07) is 1.85. The van der Waals surface area contributed by atoms with Gasteiger partial charge in [0, 0.05) is 11.8 Å². The number of nitrogen functional groups attached to an aromatic ring is 1. The van der Waals surface area contributed by atoms with E-state index in [1.165, 1.54) is 25.7 Å². The van der Waals surface area contributed by atoms with Crippen molar-refractivity contribution in [2.75, 3.05) is 18.5 Å². The molecule has 3 N–H and O–H groups in total. The molecule has 0 atom stereocenters. The van der Waals surface area contributed by atoms with E-state index in [0.29, 0.717) is 5.82 Å². The van der Waals surface area contributed by atoms with Crippen molar-refractivity contribution >= 4 is 5.82 Å².